The average molecular weight is 1080 g/mol. The fraction of sp³-hybridized carbons (Fsp3) is 0.500. The van der Waals surface area contributed by atoms with Crippen LogP contribution in [0.25, 0.3) is 10.9 Å². The predicted molar refractivity (Wildman–Crippen MR) is 278 cm³/mol. The Kier molecular flexibility index (Phi) is 24.3. The van der Waals surface area contributed by atoms with E-state index in [0.717, 1.165) is 17.8 Å². The molecule has 1 aliphatic rings. The first-order valence-corrected chi connectivity index (χ1v) is 25.2. The van der Waals surface area contributed by atoms with Crippen LogP contribution in [0.3, 0.4) is 0 Å². The summed E-state index contributed by atoms with van der Waals surface area (Å²) < 4.78 is 43.6. The molecule has 7 amide bonds. The molecule has 7 atom stereocenters. The Balaban J connectivity index is 1.80. The van der Waals surface area contributed by atoms with Crippen molar-refractivity contribution < 1.29 is 56.3 Å². The number of hydrogen-bond donors (Lipinski definition) is 13. The van der Waals surface area contributed by atoms with Gasteiger partial charge in [0.2, 0.25) is 41.4 Å². The van der Waals surface area contributed by atoms with Crippen molar-refractivity contribution in [2.75, 3.05) is 26.2 Å². The van der Waals surface area contributed by atoms with Gasteiger partial charge in [-0.1, -0.05) is 18.2 Å². The van der Waals surface area contributed by atoms with E-state index >= 15 is 0 Å². The molecule has 0 bridgehead atoms. The van der Waals surface area contributed by atoms with Crippen molar-refractivity contribution in [3.63, 3.8) is 0 Å². The van der Waals surface area contributed by atoms with Crippen molar-refractivity contribution in [2.45, 2.75) is 121 Å². The summed E-state index contributed by atoms with van der Waals surface area (Å²) in [5.41, 5.74) is 34.6. The molecule has 2 heterocycles. The number of nitrogens with one attached hydrogen (secondary N) is 7. The zero-order valence-electron chi connectivity index (χ0n) is 42.8. The van der Waals surface area contributed by atoms with Crippen LogP contribution >= 0.6 is 0 Å². The maximum atomic E-state index is 14.7. The van der Waals surface area contributed by atoms with Gasteiger partial charge >= 0.3 is 0 Å². The number of carbonyl (C=O) groups excluding carboxylic acids is 9. The van der Waals surface area contributed by atoms with E-state index in [2.05, 4.69) is 46.9 Å². The Hall–Kier alpha value is -8.10. The highest BCUT2D eigenvalue weighted by molar-refractivity contribution is 5.98. The molecule has 0 spiro atoms. The number of H-pyrrole nitrogens is 1. The predicted octanol–water partition coefficient (Wildman–Crippen LogP) is -1.40. The zero-order valence-corrected chi connectivity index (χ0v) is 42.8. The average Bonchev–Trinajstić information content (AvgIpc) is 3.77. The summed E-state index contributed by atoms with van der Waals surface area (Å²) in [5, 5.41) is 16.1. The Labute approximate surface area is 442 Å². The van der Waals surface area contributed by atoms with Gasteiger partial charge in [0.1, 0.15) is 30.0 Å². The number of halogens is 3. The van der Waals surface area contributed by atoms with Gasteiger partial charge in [0.25, 0.3) is 0 Å². The minimum atomic E-state index is -1.80. The standard InChI is InChI=1S/C50H70F3N15O9/c1-26(69)64-36(11-6-18-62-50(58)59)46(75)66-37-12-13-42(72)60-16-5-10-35(44(55)73)65-45(74)29(22-30-25-63-34-9-3-2-8-31(30)34)24-40(70)28(7-4-17-61-49(56)57)23-41(71)39(21-27-19-32(51)43(53)33(52)20-27)68-48(77)38(14-15-54)67-47(37)76/h2-3,8-9,19-20,25,28-29,35-39,63H,4-7,10-18,21-24,54H2,1H3,(H2,55,73)(H,60,72)(H,64,69)(H,65,74)(H,66,75)(H,67,76)(H,68,77)(H4,56,57,61)(H4,58,59,62)/t28-,29-,35+,36+,37+,38+,39-/m1/s1. The Morgan fingerprint density at radius 1 is 0.766 bits per heavy atom. The number of aromatic amines is 1. The maximum Gasteiger partial charge on any atom is 0.243 e. The normalized spacial score (nSPS) is 21.1. The highest BCUT2D eigenvalue weighted by Gasteiger charge is 2.35. The van der Waals surface area contributed by atoms with E-state index in [1.165, 1.54) is 0 Å². The first-order valence-electron chi connectivity index (χ1n) is 25.2. The van der Waals surface area contributed by atoms with Crippen LogP contribution in [0.2, 0.25) is 0 Å². The SMILES string of the molecule is CC(=O)N[C@@H](CCCN=C(N)N)C(=O)N[C@H]1CCC(=O)NCCC[C@@H](C(N)=O)NC(=O)[C@H](Cc2c[nH]c3ccccc23)CC(=O)[C@H](CCCN=C(N)N)CC(=O)[C@@H](Cc2cc(F)c(F)c(F)c2)NC(=O)[C@H](CCN)NC1=O. The molecule has 1 aromatic heterocycles. The second kappa shape index (κ2) is 30.5. The molecule has 420 valence electrons. The smallest absolute Gasteiger partial charge is 0.243 e. The summed E-state index contributed by atoms with van der Waals surface area (Å²) in [6.45, 7) is 0.943. The van der Waals surface area contributed by atoms with Gasteiger partial charge in [-0.15, -0.1) is 0 Å². The lowest BCUT2D eigenvalue weighted by Crippen LogP contribution is -2.58. The maximum absolute atomic E-state index is 14.7. The number of nitrogens with two attached hydrogens (primary N) is 6. The fourth-order valence-electron chi connectivity index (χ4n) is 8.76. The quantitative estimate of drug-likeness (QED) is 0.0302. The van der Waals surface area contributed by atoms with Crippen molar-refractivity contribution in [3.05, 3.63) is 71.2 Å². The molecule has 19 N–H and O–H groups in total. The Bertz CT molecular complexity index is 2640. The summed E-state index contributed by atoms with van der Waals surface area (Å²) in [5.74, 6) is -15.2. The molecule has 0 saturated carbocycles. The molecule has 1 aliphatic heterocycles. The second-order valence-corrected chi connectivity index (χ2v) is 18.8. The van der Waals surface area contributed by atoms with Crippen LogP contribution in [-0.2, 0) is 56.0 Å². The van der Waals surface area contributed by atoms with E-state index in [1.807, 2.05) is 12.1 Å². The van der Waals surface area contributed by atoms with Crippen molar-refractivity contribution in [1.29, 1.82) is 0 Å². The van der Waals surface area contributed by atoms with Crippen LogP contribution < -0.4 is 66.3 Å². The highest BCUT2D eigenvalue weighted by atomic mass is 19.2. The van der Waals surface area contributed by atoms with Gasteiger partial charge in [0.05, 0.1) is 6.04 Å². The number of para-hydroxylation sites is 1. The zero-order chi connectivity index (χ0) is 56.8. The topological polar surface area (TPSA) is 422 Å². The summed E-state index contributed by atoms with van der Waals surface area (Å²) in [4.78, 5) is 135. The number of fused-ring (bicyclic) bond motifs is 1. The number of Topliss-reactive ketones (excluding diaryl/α,β-unsaturated/α-hetero) is 2. The number of nitrogens with zero attached hydrogens (tertiary/aromatic N) is 2. The third-order valence-electron chi connectivity index (χ3n) is 12.7. The third kappa shape index (κ3) is 20.2. The molecule has 1 saturated heterocycles. The highest BCUT2D eigenvalue weighted by Crippen LogP contribution is 2.27. The van der Waals surface area contributed by atoms with E-state index in [1.54, 1.807) is 18.3 Å². The first-order chi connectivity index (χ1) is 36.6. The Morgan fingerprint density at radius 2 is 1.42 bits per heavy atom. The molecule has 24 nitrogen and oxygen atoms in total. The summed E-state index contributed by atoms with van der Waals surface area (Å²) in [7, 11) is 0. The van der Waals surface area contributed by atoms with E-state index in [-0.39, 0.29) is 101 Å². The molecule has 3 aromatic rings. The summed E-state index contributed by atoms with van der Waals surface area (Å²) in [6.07, 6.45) is -0.989. The number of primary amides is 1. The lowest BCUT2D eigenvalue weighted by atomic mass is 9.83. The summed E-state index contributed by atoms with van der Waals surface area (Å²) in [6, 6.07) is 1.03. The monoisotopic (exact) mass is 1080 g/mol. The van der Waals surface area contributed by atoms with E-state index in [9.17, 15) is 56.3 Å². The molecule has 0 aliphatic carbocycles. The van der Waals surface area contributed by atoms with Crippen molar-refractivity contribution in [1.82, 2.24) is 36.9 Å². The van der Waals surface area contributed by atoms with Crippen molar-refractivity contribution in [2.24, 2.45) is 56.2 Å². The number of aromatic nitrogens is 1. The first kappa shape index (κ1) is 61.4. The summed E-state index contributed by atoms with van der Waals surface area (Å²) >= 11 is 0. The van der Waals surface area contributed by atoms with Gasteiger partial charge in [-0.2, -0.15) is 0 Å². The molecule has 27 heteroatoms. The van der Waals surface area contributed by atoms with Crippen LogP contribution in [0.4, 0.5) is 13.2 Å². The molecule has 77 heavy (non-hydrogen) atoms. The number of guanidine groups is 2. The van der Waals surface area contributed by atoms with Crippen molar-refractivity contribution >= 4 is 75.7 Å². The molecule has 0 radical (unpaired) electrons. The number of hydrogen-bond acceptors (Lipinski definition) is 12. The van der Waals surface area contributed by atoms with Crippen LogP contribution in [0.5, 0.6) is 0 Å². The van der Waals surface area contributed by atoms with Crippen molar-refractivity contribution in [3.8, 4) is 0 Å². The minimum absolute atomic E-state index is 0.00381. The van der Waals surface area contributed by atoms with Gasteiger partial charge in [0.15, 0.2) is 35.2 Å². The van der Waals surface area contributed by atoms with Crippen LogP contribution in [0.15, 0.2) is 52.6 Å². The van der Waals surface area contributed by atoms with Gasteiger partial charge in [-0.05, 0) is 100 Å². The van der Waals surface area contributed by atoms with Crippen LogP contribution in [0, 0.1) is 29.3 Å². The van der Waals surface area contributed by atoms with Gasteiger partial charge in [0, 0.05) is 74.8 Å². The number of rotatable bonds is 18. The van der Waals surface area contributed by atoms with Crippen LogP contribution in [-0.4, -0.2) is 126 Å². The second-order valence-electron chi connectivity index (χ2n) is 18.8. The van der Waals surface area contributed by atoms with E-state index in [4.69, 9.17) is 34.4 Å². The lowest BCUT2D eigenvalue weighted by Gasteiger charge is -2.27. The van der Waals surface area contributed by atoms with Crippen LogP contribution in [0.1, 0.15) is 88.7 Å². The van der Waals surface area contributed by atoms with Gasteiger partial charge in [-0.25, -0.2) is 13.2 Å². The van der Waals surface area contributed by atoms with Gasteiger partial charge in [-0.3, -0.25) is 53.1 Å². The molecular formula is C50H70F3N15O9. The number of carbonyl (C=O) groups is 9. The molecule has 0 unspecified atom stereocenters. The number of benzene rings is 2. The number of amides is 7. The molecule has 4 rings (SSSR count). The van der Waals surface area contributed by atoms with Gasteiger partial charge < -0.3 is 71.3 Å². The third-order valence-corrected chi connectivity index (χ3v) is 12.7. The lowest BCUT2D eigenvalue weighted by molar-refractivity contribution is -0.135. The number of aliphatic imine (C=N–C) groups is 2. The van der Waals surface area contributed by atoms with E-state index < -0.39 is 138 Å². The minimum Gasteiger partial charge on any atom is -0.370 e. The fourth-order valence-corrected chi connectivity index (χ4v) is 8.76. The Morgan fingerprint density at radius 3 is 2.06 bits per heavy atom. The molecular weight excluding hydrogens is 1010 g/mol. The molecule has 1 fully saturated rings. The number of ketones is 2. The van der Waals surface area contributed by atoms with E-state index in [0.29, 0.717) is 17.7 Å². The molecule has 2 aromatic carbocycles. The largest absolute Gasteiger partial charge is 0.370 e.